The second-order valence-corrected chi connectivity index (χ2v) is 8.11. The Labute approximate surface area is 188 Å². The topological polar surface area (TPSA) is 50.4 Å². The zero-order chi connectivity index (χ0) is 22.0. The van der Waals surface area contributed by atoms with Crippen molar-refractivity contribution in [1.29, 1.82) is 0 Å². The van der Waals surface area contributed by atoms with E-state index in [0.29, 0.717) is 16.2 Å². The zero-order valence-electron chi connectivity index (χ0n) is 17.7. The highest BCUT2D eigenvalue weighted by Gasteiger charge is 2.30. The number of ketones is 1. The molecule has 0 spiro atoms. The normalized spacial score (nSPS) is 15.8. The summed E-state index contributed by atoms with van der Waals surface area (Å²) in [5.74, 6) is 1.55. The molecule has 5 heteroatoms. The Hall–Kier alpha value is -3.44. The second-order valence-electron chi connectivity index (χ2n) is 7.71. The maximum Gasteiger partial charge on any atom is 0.193 e. The van der Waals surface area contributed by atoms with E-state index >= 15 is 0 Å². The van der Waals surface area contributed by atoms with Crippen molar-refractivity contribution in [1.82, 2.24) is 10.6 Å². The molecule has 1 aliphatic heterocycles. The predicted molar refractivity (Wildman–Crippen MR) is 128 cm³/mol. The van der Waals surface area contributed by atoms with Gasteiger partial charge in [-0.05, 0) is 67.9 Å². The highest BCUT2D eigenvalue weighted by Crippen LogP contribution is 2.32. The minimum Gasteiger partial charge on any atom is -0.457 e. The third-order valence-electron chi connectivity index (χ3n) is 5.33. The molecule has 0 radical (unpaired) electrons. The van der Waals surface area contributed by atoms with E-state index in [0.717, 1.165) is 33.9 Å². The van der Waals surface area contributed by atoms with Crippen molar-refractivity contribution in [2.24, 2.45) is 0 Å². The number of ether oxygens (including phenoxy) is 1. The van der Waals surface area contributed by atoms with Gasteiger partial charge in [0, 0.05) is 16.8 Å². The molecule has 0 aromatic heterocycles. The van der Waals surface area contributed by atoms with Gasteiger partial charge < -0.3 is 15.4 Å². The SMILES string of the molecule is CC1=C(C(=O)c2ccccc2)C(c2ccc(Oc3cc(C)ccc3C)cc2)NC(=S)N1. The van der Waals surface area contributed by atoms with Gasteiger partial charge in [0.1, 0.15) is 11.5 Å². The van der Waals surface area contributed by atoms with Crippen molar-refractivity contribution in [2.45, 2.75) is 26.8 Å². The van der Waals surface area contributed by atoms with E-state index in [-0.39, 0.29) is 11.8 Å². The van der Waals surface area contributed by atoms with Crippen LogP contribution in [0.4, 0.5) is 0 Å². The van der Waals surface area contributed by atoms with Crippen LogP contribution in [-0.4, -0.2) is 10.9 Å². The first-order chi connectivity index (χ1) is 14.9. The molecule has 1 atom stereocenters. The Balaban J connectivity index is 1.63. The molecule has 4 rings (SSSR count). The molecular weight excluding hydrogens is 404 g/mol. The van der Waals surface area contributed by atoms with E-state index in [1.165, 1.54) is 0 Å². The summed E-state index contributed by atoms with van der Waals surface area (Å²) in [4.78, 5) is 13.3. The van der Waals surface area contributed by atoms with Crippen LogP contribution in [0.15, 0.2) is 84.1 Å². The summed E-state index contributed by atoms with van der Waals surface area (Å²) in [6.45, 7) is 5.95. The lowest BCUT2D eigenvalue weighted by atomic mass is 9.89. The summed E-state index contributed by atoms with van der Waals surface area (Å²) in [6, 6.07) is 22.9. The van der Waals surface area contributed by atoms with Crippen molar-refractivity contribution < 1.29 is 9.53 Å². The van der Waals surface area contributed by atoms with Gasteiger partial charge in [-0.1, -0.05) is 54.6 Å². The van der Waals surface area contributed by atoms with Crippen LogP contribution in [0.5, 0.6) is 11.5 Å². The third-order valence-corrected chi connectivity index (χ3v) is 5.55. The van der Waals surface area contributed by atoms with E-state index in [2.05, 4.69) is 16.7 Å². The lowest BCUT2D eigenvalue weighted by Gasteiger charge is -2.30. The number of allylic oxidation sites excluding steroid dienone is 1. The maximum absolute atomic E-state index is 13.3. The fraction of sp³-hybridized carbons (Fsp3) is 0.154. The number of hydrogen-bond donors (Lipinski definition) is 2. The summed E-state index contributed by atoms with van der Waals surface area (Å²) in [5.41, 5.74) is 5.23. The van der Waals surface area contributed by atoms with E-state index in [1.807, 2.05) is 87.5 Å². The zero-order valence-corrected chi connectivity index (χ0v) is 18.5. The molecule has 0 saturated carbocycles. The third kappa shape index (κ3) is 4.52. The lowest BCUT2D eigenvalue weighted by Crippen LogP contribution is -2.44. The Morgan fingerprint density at radius 1 is 0.935 bits per heavy atom. The number of benzene rings is 3. The highest BCUT2D eigenvalue weighted by atomic mass is 32.1. The molecule has 0 fully saturated rings. The maximum atomic E-state index is 13.3. The number of aryl methyl sites for hydroxylation is 2. The van der Waals surface area contributed by atoms with Crippen LogP contribution in [0.1, 0.15) is 40.0 Å². The van der Waals surface area contributed by atoms with E-state index in [1.54, 1.807) is 0 Å². The average Bonchev–Trinajstić information content (AvgIpc) is 2.76. The molecule has 0 bridgehead atoms. The Kier molecular flexibility index (Phi) is 5.87. The van der Waals surface area contributed by atoms with E-state index in [9.17, 15) is 4.79 Å². The smallest absolute Gasteiger partial charge is 0.193 e. The van der Waals surface area contributed by atoms with Gasteiger partial charge in [0.25, 0.3) is 0 Å². The second kappa shape index (κ2) is 8.74. The lowest BCUT2D eigenvalue weighted by molar-refractivity contribution is 0.102. The minimum atomic E-state index is -0.337. The molecule has 1 aliphatic rings. The number of rotatable bonds is 5. The molecule has 0 saturated heterocycles. The van der Waals surface area contributed by atoms with Gasteiger partial charge in [0.2, 0.25) is 0 Å². The van der Waals surface area contributed by atoms with Crippen molar-refractivity contribution in [3.8, 4) is 11.5 Å². The van der Waals surface area contributed by atoms with Crippen molar-refractivity contribution in [3.63, 3.8) is 0 Å². The fourth-order valence-corrected chi connectivity index (χ4v) is 3.93. The van der Waals surface area contributed by atoms with Gasteiger partial charge >= 0.3 is 0 Å². The Bertz CT molecular complexity index is 1170. The van der Waals surface area contributed by atoms with Gasteiger partial charge in [0.15, 0.2) is 10.9 Å². The monoisotopic (exact) mass is 428 g/mol. The van der Waals surface area contributed by atoms with Gasteiger partial charge in [-0.3, -0.25) is 4.79 Å². The summed E-state index contributed by atoms with van der Waals surface area (Å²) in [5, 5.41) is 6.84. The molecule has 0 aliphatic carbocycles. The molecule has 3 aromatic rings. The van der Waals surface area contributed by atoms with Crippen molar-refractivity contribution in [3.05, 3.63) is 106 Å². The number of carbonyl (C=O) groups is 1. The van der Waals surface area contributed by atoms with Gasteiger partial charge in [-0.2, -0.15) is 0 Å². The van der Waals surface area contributed by atoms with Crippen LogP contribution in [0.2, 0.25) is 0 Å². The fourth-order valence-electron chi connectivity index (χ4n) is 3.66. The summed E-state index contributed by atoms with van der Waals surface area (Å²) in [6.07, 6.45) is 0. The van der Waals surface area contributed by atoms with E-state index in [4.69, 9.17) is 17.0 Å². The molecule has 156 valence electrons. The summed E-state index contributed by atoms with van der Waals surface area (Å²) >= 11 is 5.36. The number of hydrogen-bond acceptors (Lipinski definition) is 3. The Morgan fingerprint density at radius 2 is 1.65 bits per heavy atom. The van der Waals surface area contributed by atoms with Crippen molar-refractivity contribution >= 4 is 23.1 Å². The molecule has 1 heterocycles. The largest absolute Gasteiger partial charge is 0.457 e. The van der Waals surface area contributed by atoms with Gasteiger partial charge in [-0.25, -0.2) is 0 Å². The number of nitrogens with one attached hydrogen (secondary N) is 2. The van der Waals surface area contributed by atoms with Crippen LogP contribution < -0.4 is 15.4 Å². The molecular formula is C26H24N2O2S. The average molecular weight is 429 g/mol. The molecule has 31 heavy (non-hydrogen) atoms. The van der Waals surface area contributed by atoms with Gasteiger partial charge in [-0.15, -0.1) is 0 Å². The van der Waals surface area contributed by atoms with Crippen LogP contribution in [-0.2, 0) is 0 Å². The predicted octanol–water partition coefficient (Wildman–Crippen LogP) is 5.77. The quantitative estimate of drug-likeness (QED) is 0.399. The van der Waals surface area contributed by atoms with E-state index < -0.39 is 0 Å². The molecule has 1 unspecified atom stereocenters. The number of Topliss-reactive ketones (excluding diaryl/α,β-unsaturated/α-hetero) is 1. The van der Waals surface area contributed by atoms with Crippen LogP contribution >= 0.6 is 12.2 Å². The number of thiocarbonyl (C=S) groups is 1. The highest BCUT2D eigenvalue weighted by molar-refractivity contribution is 7.80. The van der Waals surface area contributed by atoms with Crippen molar-refractivity contribution in [2.75, 3.05) is 0 Å². The molecule has 2 N–H and O–H groups in total. The summed E-state index contributed by atoms with van der Waals surface area (Å²) in [7, 11) is 0. The summed E-state index contributed by atoms with van der Waals surface area (Å²) < 4.78 is 6.08. The Morgan fingerprint density at radius 3 is 2.35 bits per heavy atom. The van der Waals surface area contributed by atoms with Crippen LogP contribution in [0.3, 0.4) is 0 Å². The van der Waals surface area contributed by atoms with Crippen LogP contribution in [0, 0.1) is 13.8 Å². The first-order valence-electron chi connectivity index (χ1n) is 10.2. The first-order valence-corrected chi connectivity index (χ1v) is 10.6. The molecule has 3 aromatic carbocycles. The number of carbonyl (C=O) groups excluding carboxylic acids is 1. The molecule has 4 nitrogen and oxygen atoms in total. The first kappa shape index (κ1) is 20.8. The standard InChI is InChI=1S/C26H24N2O2S/c1-16-9-10-17(2)22(15-16)30-21-13-11-19(12-14-21)24-23(18(3)27-26(31)28-24)25(29)20-7-5-4-6-8-20/h4-15,24H,1-3H3,(H2,27,28,31). The van der Waals surface area contributed by atoms with Crippen LogP contribution in [0.25, 0.3) is 0 Å². The minimum absolute atomic E-state index is 0.0266. The van der Waals surface area contributed by atoms with Gasteiger partial charge in [0.05, 0.1) is 6.04 Å². The molecule has 0 amide bonds.